The third-order valence-corrected chi connectivity index (χ3v) is 10.9. The predicted molar refractivity (Wildman–Crippen MR) is 210 cm³/mol. The molecule has 1 unspecified atom stereocenters. The molecular weight excluding hydrogens is 625 g/mol. The van der Waals surface area contributed by atoms with Gasteiger partial charge in [0.05, 0.1) is 22.9 Å². The number of aliphatic imine (C=N–C) groups is 2. The van der Waals surface area contributed by atoms with Crippen LogP contribution in [-0.2, 0) is 0 Å². The van der Waals surface area contributed by atoms with Crippen LogP contribution < -0.4 is 0 Å². The van der Waals surface area contributed by atoms with Gasteiger partial charge < -0.3 is 8.98 Å². The molecule has 1 atom stereocenters. The zero-order chi connectivity index (χ0) is 33.9. The maximum Gasteiger partial charge on any atom is 0.158 e. The van der Waals surface area contributed by atoms with E-state index in [0.29, 0.717) is 11.8 Å². The van der Waals surface area contributed by atoms with E-state index in [1.54, 1.807) is 0 Å². The van der Waals surface area contributed by atoms with E-state index >= 15 is 0 Å². The lowest BCUT2D eigenvalue weighted by molar-refractivity contribution is 0.444. The summed E-state index contributed by atoms with van der Waals surface area (Å²) < 4.78 is 8.75. The number of aromatic nitrogens is 2. The minimum absolute atomic E-state index is 0.309. The van der Waals surface area contributed by atoms with E-state index in [4.69, 9.17) is 14.4 Å². The minimum Gasteiger partial charge on any atom is -0.454 e. The van der Waals surface area contributed by atoms with Gasteiger partial charge in [-0.2, -0.15) is 0 Å². The number of pyridine rings is 1. The number of amidine groups is 1. The van der Waals surface area contributed by atoms with Gasteiger partial charge in [0.15, 0.2) is 11.4 Å². The fraction of sp³-hybridized carbons (Fsp3) is 0.152. The lowest BCUT2D eigenvalue weighted by Crippen LogP contribution is -2.20. The second-order valence-electron chi connectivity index (χ2n) is 13.9. The van der Waals surface area contributed by atoms with Crippen LogP contribution in [0.1, 0.15) is 66.3 Å². The van der Waals surface area contributed by atoms with Crippen molar-refractivity contribution in [1.29, 1.82) is 0 Å². The van der Waals surface area contributed by atoms with Crippen LogP contribution in [0.2, 0.25) is 0 Å². The van der Waals surface area contributed by atoms with Gasteiger partial charge in [-0.15, -0.1) is 0 Å². The van der Waals surface area contributed by atoms with Crippen LogP contribution in [0.15, 0.2) is 160 Å². The Balaban J connectivity index is 1.16. The van der Waals surface area contributed by atoms with Gasteiger partial charge >= 0.3 is 0 Å². The van der Waals surface area contributed by atoms with E-state index in [1.807, 2.05) is 18.5 Å². The Kier molecular flexibility index (Phi) is 7.05. The van der Waals surface area contributed by atoms with Gasteiger partial charge in [0.1, 0.15) is 11.6 Å². The number of para-hydroxylation sites is 2. The summed E-state index contributed by atoms with van der Waals surface area (Å²) in [6.07, 6.45) is 10.1. The smallest absolute Gasteiger partial charge is 0.158 e. The topological polar surface area (TPSA) is 55.7 Å². The number of furan rings is 1. The van der Waals surface area contributed by atoms with Crippen molar-refractivity contribution < 1.29 is 4.42 Å². The van der Waals surface area contributed by atoms with Crippen LogP contribution in [0.25, 0.3) is 49.4 Å². The van der Waals surface area contributed by atoms with Crippen molar-refractivity contribution in [1.82, 2.24) is 9.55 Å². The lowest BCUT2D eigenvalue weighted by atomic mass is 9.83. The van der Waals surface area contributed by atoms with Crippen LogP contribution >= 0.6 is 0 Å². The SMILES string of the molecule is C=C1C(c2cccc(-n3c4ccccc4c4ccccc43)c2)=NC(c2cncc3oc4ccc(C5CCCCC5)cc4c23)=NC1c1ccccc1. The molecule has 0 spiro atoms. The zero-order valence-corrected chi connectivity index (χ0v) is 28.3. The highest BCUT2D eigenvalue weighted by atomic mass is 16.3. The van der Waals surface area contributed by atoms with Crippen molar-refractivity contribution in [3.63, 3.8) is 0 Å². The van der Waals surface area contributed by atoms with E-state index in [-0.39, 0.29) is 6.04 Å². The Morgan fingerprint density at radius 3 is 2.18 bits per heavy atom. The molecule has 246 valence electrons. The van der Waals surface area contributed by atoms with Gasteiger partial charge in [-0.05, 0) is 66.3 Å². The number of fused-ring (bicyclic) bond motifs is 6. The molecule has 0 saturated heterocycles. The Bertz CT molecular complexity index is 2650. The summed E-state index contributed by atoms with van der Waals surface area (Å²) in [5.41, 5.74) is 11.0. The minimum atomic E-state index is -0.309. The average Bonchev–Trinajstić information content (AvgIpc) is 3.74. The zero-order valence-electron chi connectivity index (χ0n) is 28.3. The molecule has 51 heavy (non-hydrogen) atoms. The molecule has 5 nitrogen and oxygen atoms in total. The summed E-state index contributed by atoms with van der Waals surface area (Å²) >= 11 is 0. The lowest BCUT2D eigenvalue weighted by Gasteiger charge is -2.24. The number of hydrogen-bond donors (Lipinski definition) is 0. The number of benzene rings is 5. The largest absolute Gasteiger partial charge is 0.454 e. The van der Waals surface area contributed by atoms with Gasteiger partial charge in [0.25, 0.3) is 0 Å². The quantitative estimate of drug-likeness (QED) is 0.184. The third kappa shape index (κ3) is 4.95. The molecule has 4 heterocycles. The molecule has 1 aliphatic carbocycles. The average molecular weight is 661 g/mol. The van der Waals surface area contributed by atoms with Crippen molar-refractivity contribution in [3.8, 4) is 5.69 Å². The molecule has 0 N–H and O–H groups in total. The summed E-state index contributed by atoms with van der Waals surface area (Å²) in [6, 6.07) is 42.7. The summed E-state index contributed by atoms with van der Waals surface area (Å²) in [5, 5.41) is 4.57. The van der Waals surface area contributed by atoms with Gasteiger partial charge in [0, 0.05) is 50.1 Å². The summed E-state index contributed by atoms with van der Waals surface area (Å²) in [4.78, 5) is 15.3. The fourth-order valence-corrected chi connectivity index (χ4v) is 8.43. The predicted octanol–water partition coefficient (Wildman–Crippen LogP) is 11.7. The number of nitrogens with zero attached hydrogens (tertiary/aromatic N) is 4. The molecule has 8 aromatic rings. The van der Waals surface area contributed by atoms with Gasteiger partial charge in [-0.1, -0.05) is 111 Å². The molecule has 1 fully saturated rings. The summed E-state index contributed by atoms with van der Waals surface area (Å²) in [7, 11) is 0. The summed E-state index contributed by atoms with van der Waals surface area (Å²) in [6.45, 7) is 4.64. The second kappa shape index (κ2) is 12.1. The molecule has 1 saturated carbocycles. The summed E-state index contributed by atoms with van der Waals surface area (Å²) in [5.74, 6) is 1.22. The van der Waals surface area contributed by atoms with Gasteiger partial charge in [-0.3, -0.25) is 9.98 Å². The molecule has 0 amide bonds. The fourth-order valence-electron chi connectivity index (χ4n) is 8.43. The Labute approximate surface area is 296 Å². The van der Waals surface area contributed by atoms with E-state index in [0.717, 1.165) is 55.6 Å². The molecule has 0 bridgehead atoms. The molecule has 2 aliphatic rings. The van der Waals surface area contributed by atoms with Crippen LogP contribution in [0.4, 0.5) is 0 Å². The monoisotopic (exact) mass is 660 g/mol. The molecule has 5 aromatic carbocycles. The van der Waals surface area contributed by atoms with Crippen LogP contribution in [0.3, 0.4) is 0 Å². The van der Waals surface area contributed by atoms with E-state index in [2.05, 4.69) is 131 Å². The van der Waals surface area contributed by atoms with Crippen molar-refractivity contribution in [3.05, 3.63) is 168 Å². The Hall–Kier alpha value is -6.07. The van der Waals surface area contributed by atoms with Gasteiger partial charge in [-0.25, -0.2) is 4.99 Å². The van der Waals surface area contributed by atoms with Crippen LogP contribution in [-0.4, -0.2) is 21.1 Å². The molecular formula is C46H36N4O. The normalized spacial score (nSPS) is 17.0. The molecule has 5 heteroatoms. The van der Waals surface area contributed by atoms with E-state index in [1.165, 1.54) is 59.5 Å². The Morgan fingerprint density at radius 1 is 0.647 bits per heavy atom. The standard InChI is InChI=1S/C46H36N4O/c1-29-44(31-15-6-3-7-16-31)48-46(38-27-47-28-42-43(38)37-26-32(23-24-41(37)51-42)30-13-4-2-5-14-30)49-45(29)33-17-12-18-34(25-33)50-39-21-10-8-19-35(39)36-20-9-11-22-40(36)50/h3,6-12,15-28,30,44H,1-2,4-5,13-14H2. The van der Waals surface area contributed by atoms with Crippen LogP contribution in [0.5, 0.6) is 0 Å². The first kappa shape index (κ1) is 29.8. The number of hydrogen-bond acceptors (Lipinski definition) is 4. The number of rotatable bonds is 5. The van der Waals surface area contributed by atoms with Gasteiger partial charge in [0.2, 0.25) is 0 Å². The van der Waals surface area contributed by atoms with Crippen molar-refractivity contribution >= 4 is 55.3 Å². The molecule has 1 aliphatic heterocycles. The maximum atomic E-state index is 6.41. The van der Waals surface area contributed by atoms with E-state index in [9.17, 15) is 0 Å². The first-order valence-electron chi connectivity index (χ1n) is 18.0. The third-order valence-electron chi connectivity index (χ3n) is 10.9. The molecule has 3 aromatic heterocycles. The highest BCUT2D eigenvalue weighted by molar-refractivity contribution is 6.26. The maximum absolute atomic E-state index is 6.41. The van der Waals surface area contributed by atoms with Crippen molar-refractivity contribution in [2.75, 3.05) is 0 Å². The Morgan fingerprint density at radius 2 is 1.39 bits per heavy atom. The van der Waals surface area contributed by atoms with Crippen molar-refractivity contribution in [2.45, 2.75) is 44.1 Å². The first-order chi connectivity index (χ1) is 25.2. The van der Waals surface area contributed by atoms with E-state index < -0.39 is 0 Å². The second-order valence-corrected chi connectivity index (χ2v) is 13.9. The highest BCUT2D eigenvalue weighted by Crippen LogP contribution is 2.40. The highest BCUT2D eigenvalue weighted by Gasteiger charge is 2.28. The van der Waals surface area contributed by atoms with Crippen LogP contribution in [0, 0.1) is 0 Å². The first-order valence-corrected chi connectivity index (χ1v) is 18.0. The molecule has 10 rings (SSSR count). The van der Waals surface area contributed by atoms with Crippen molar-refractivity contribution in [2.24, 2.45) is 9.98 Å². The molecule has 0 radical (unpaired) electrons.